The number of hydrogen-bond donors (Lipinski definition) is 0. The third-order valence-electron chi connectivity index (χ3n) is 21.9. The van der Waals surface area contributed by atoms with Crippen LogP contribution in [0.1, 0.15) is 220 Å². The maximum Gasteiger partial charge on any atom is 0.333 e. The normalized spacial score (nSPS) is 36.5. The maximum atomic E-state index is 12.2. The first-order valence-electron chi connectivity index (χ1n) is 32.3. The molecule has 466 valence electrons. The highest BCUT2D eigenvalue weighted by atomic mass is 16.6. The van der Waals surface area contributed by atoms with Crippen molar-refractivity contribution < 1.29 is 71.3 Å². The molecule has 0 radical (unpaired) electrons. The molecular weight excluding hydrogens is 1060 g/mol. The van der Waals surface area contributed by atoms with Crippen LogP contribution in [0, 0.1) is 23.7 Å². The van der Waals surface area contributed by atoms with Gasteiger partial charge in [-0.3, -0.25) is 0 Å². The largest absolute Gasteiger partial charge is 0.455 e. The number of carbonyl (C=O) groups excluding carboxylic acids is 4. The third-order valence-corrected chi connectivity index (χ3v) is 21.9. The number of ether oxygens (including phenoxy) is 11. The van der Waals surface area contributed by atoms with Crippen LogP contribution in [0.4, 0.5) is 0 Å². The number of methoxy groups -OCH3 is 3. The quantitative estimate of drug-likeness (QED) is 0.0721. The Morgan fingerprint density at radius 3 is 1.14 bits per heavy atom. The van der Waals surface area contributed by atoms with Gasteiger partial charge in [-0.05, 0) is 207 Å². The second-order valence-electron chi connectivity index (χ2n) is 28.0. The molecule has 8 heterocycles. The first-order chi connectivity index (χ1) is 39.6. The Morgan fingerprint density at radius 1 is 0.398 bits per heavy atom. The SMILES string of the molecule is C=C(C)C(=O)OC1(C2CC3(COC)CCC2O3)CCCC1.C=C(C)C(=O)OC1(C2CC3(COC)CCC2O3)CCCCC1.C=C(C)C(=O)OC1(C2CC3CCC2(COC)O3)CCCC1.C=C(C)C(=O)OC1(C2CC3CCC2O3)CCCCC1. The number of hydrogen-bond acceptors (Lipinski definition) is 15. The molecule has 0 spiro atoms. The zero-order chi connectivity index (χ0) is 59.4. The molecule has 12 aliphatic rings. The van der Waals surface area contributed by atoms with Gasteiger partial charge in [-0.15, -0.1) is 0 Å². The van der Waals surface area contributed by atoms with Crippen LogP contribution >= 0.6 is 0 Å². The van der Waals surface area contributed by atoms with Gasteiger partial charge in [0.05, 0.1) is 67.1 Å². The van der Waals surface area contributed by atoms with Crippen molar-refractivity contribution in [2.45, 2.75) is 290 Å². The lowest BCUT2D eigenvalue weighted by Gasteiger charge is -2.44. The van der Waals surface area contributed by atoms with E-state index in [0.29, 0.717) is 78.2 Å². The molecule has 8 aliphatic heterocycles. The molecule has 4 aliphatic carbocycles. The van der Waals surface area contributed by atoms with Gasteiger partial charge in [0.1, 0.15) is 22.4 Å². The summed E-state index contributed by atoms with van der Waals surface area (Å²) in [5.74, 6) is 0.319. The Hall–Kier alpha value is -3.44. The summed E-state index contributed by atoms with van der Waals surface area (Å²) in [5.41, 5.74) is 0.0831. The molecule has 8 bridgehead atoms. The van der Waals surface area contributed by atoms with Gasteiger partial charge in [0.25, 0.3) is 0 Å². The third kappa shape index (κ3) is 13.5. The Balaban J connectivity index is 0.000000133. The molecule has 0 aromatic carbocycles. The minimum Gasteiger partial charge on any atom is -0.455 e. The molecule has 0 amide bonds. The van der Waals surface area contributed by atoms with E-state index in [2.05, 4.69) is 26.3 Å². The summed E-state index contributed by atoms with van der Waals surface area (Å²) in [6.45, 7) is 23.7. The lowest BCUT2D eigenvalue weighted by Crippen LogP contribution is -2.52. The topological polar surface area (TPSA) is 170 Å². The Kier molecular flexibility index (Phi) is 20.4. The number of rotatable bonds is 18. The molecule has 15 heteroatoms. The van der Waals surface area contributed by atoms with Gasteiger partial charge in [-0.1, -0.05) is 39.2 Å². The first kappa shape index (κ1) is 64.0. The van der Waals surface area contributed by atoms with Crippen LogP contribution in [-0.2, 0) is 71.3 Å². The summed E-state index contributed by atoms with van der Waals surface area (Å²) in [7, 11) is 5.18. The van der Waals surface area contributed by atoms with Crippen molar-refractivity contribution in [3.8, 4) is 0 Å². The molecule has 12 unspecified atom stereocenters. The molecule has 4 saturated carbocycles. The van der Waals surface area contributed by atoms with Gasteiger partial charge >= 0.3 is 23.9 Å². The summed E-state index contributed by atoms with van der Waals surface area (Å²) >= 11 is 0. The molecule has 0 N–H and O–H groups in total. The number of fused-ring (bicyclic) bond motifs is 8. The van der Waals surface area contributed by atoms with Crippen LogP contribution < -0.4 is 0 Å². The molecule has 12 rings (SSSR count). The van der Waals surface area contributed by atoms with E-state index in [-0.39, 0.29) is 81.2 Å². The Morgan fingerprint density at radius 2 is 0.783 bits per heavy atom. The second-order valence-corrected chi connectivity index (χ2v) is 28.0. The van der Waals surface area contributed by atoms with E-state index in [9.17, 15) is 19.2 Å². The molecule has 0 aromatic heterocycles. The van der Waals surface area contributed by atoms with E-state index in [0.717, 1.165) is 173 Å². The first-order valence-corrected chi connectivity index (χ1v) is 32.3. The fraction of sp³-hybridized carbons (Fsp3) is 0.824. The van der Waals surface area contributed by atoms with Gasteiger partial charge in [0, 0.05) is 67.3 Å². The van der Waals surface area contributed by atoms with Crippen LogP contribution in [0.3, 0.4) is 0 Å². The Bertz CT molecular complexity index is 2350. The fourth-order valence-electron chi connectivity index (χ4n) is 18.1. The lowest BCUT2D eigenvalue weighted by molar-refractivity contribution is -0.174. The smallest absolute Gasteiger partial charge is 0.333 e. The van der Waals surface area contributed by atoms with Gasteiger partial charge < -0.3 is 52.1 Å². The number of esters is 4. The van der Waals surface area contributed by atoms with Crippen LogP contribution in [0.2, 0.25) is 0 Å². The lowest BCUT2D eigenvalue weighted by atomic mass is 9.67. The van der Waals surface area contributed by atoms with Crippen LogP contribution in [0.25, 0.3) is 0 Å². The second kappa shape index (κ2) is 26.5. The highest BCUT2D eigenvalue weighted by Crippen LogP contribution is 2.59. The zero-order valence-corrected chi connectivity index (χ0v) is 52.0. The van der Waals surface area contributed by atoms with Crippen molar-refractivity contribution in [2.24, 2.45) is 23.7 Å². The van der Waals surface area contributed by atoms with E-state index in [1.165, 1.54) is 19.3 Å². The van der Waals surface area contributed by atoms with Crippen LogP contribution in [0.15, 0.2) is 48.6 Å². The molecule has 15 nitrogen and oxygen atoms in total. The highest BCUT2D eigenvalue weighted by Gasteiger charge is 2.64. The van der Waals surface area contributed by atoms with Gasteiger partial charge in [0.2, 0.25) is 0 Å². The van der Waals surface area contributed by atoms with Crippen molar-refractivity contribution in [1.29, 1.82) is 0 Å². The van der Waals surface area contributed by atoms with E-state index in [4.69, 9.17) is 52.1 Å². The summed E-state index contributed by atoms with van der Waals surface area (Å²) in [6, 6.07) is 0. The average Bonchev–Trinajstić information content (AvgIpc) is 2.20. The highest BCUT2D eigenvalue weighted by molar-refractivity contribution is 5.88. The van der Waals surface area contributed by atoms with Gasteiger partial charge in [0.15, 0.2) is 0 Å². The zero-order valence-electron chi connectivity index (χ0n) is 52.0. The minimum atomic E-state index is -0.371. The van der Waals surface area contributed by atoms with Crippen LogP contribution in [-0.4, -0.2) is 135 Å². The van der Waals surface area contributed by atoms with Gasteiger partial charge in [-0.25, -0.2) is 19.2 Å². The summed E-state index contributed by atoms with van der Waals surface area (Å²) < 4.78 is 64.9. The van der Waals surface area contributed by atoms with E-state index >= 15 is 0 Å². The Labute approximate surface area is 496 Å². The molecule has 12 atom stereocenters. The average molecular weight is 1160 g/mol. The minimum absolute atomic E-state index is 0.144. The predicted octanol–water partition coefficient (Wildman–Crippen LogP) is 12.8. The standard InChI is InChI=1S/C18H28O4.2C17H26O4.C16H24O3/c1-13(2)16(19)22-18(8-5-4-6-9-18)14-11-17(12-20-3)10-7-15(14)21-17;1-12(2)15(18)21-17(7-4-5-8-17)13-10-16(11-19-3)9-6-14(13)20-16;1-12(2)15(18)21-16(7-4-5-8-16)14-10-13-6-9-17(14,20-13)11-19-3;1-11(2)15(17)19-16(8-4-3-5-9-16)13-10-12-6-7-14(13)18-12/h14-15H,1,4-12H2,2-3H3;2*13-14H,1,4-11H2,2-3H3;12-14H,1,3-10H2,2H3. The molecule has 0 aromatic rings. The summed E-state index contributed by atoms with van der Waals surface area (Å²) in [5, 5.41) is 0. The van der Waals surface area contributed by atoms with Crippen LogP contribution in [0.5, 0.6) is 0 Å². The van der Waals surface area contributed by atoms with Crippen molar-refractivity contribution >= 4 is 23.9 Å². The predicted molar refractivity (Wildman–Crippen MR) is 314 cm³/mol. The summed E-state index contributed by atoms with van der Waals surface area (Å²) in [4.78, 5) is 48.4. The molecule has 8 saturated heterocycles. The van der Waals surface area contributed by atoms with Crippen molar-refractivity contribution in [2.75, 3.05) is 41.2 Å². The molecule has 12 fully saturated rings. The van der Waals surface area contributed by atoms with E-state index in [1.807, 2.05) is 0 Å². The van der Waals surface area contributed by atoms with E-state index < -0.39 is 0 Å². The molecular formula is C68H104O15. The monoisotopic (exact) mass is 1160 g/mol. The molecule has 83 heavy (non-hydrogen) atoms. The fourth-order valence-corrected chi connectivity index (χ4v) is 18.1. The van der Waals surface area contributed by atoms with Crippen molar-refractivity contribution in [3.63, 3.8) is 0 Å². The van der Waals surface area contributed by atoms with Crippen molar-refractivity contribution in [3.05, 3.63) is 48.6 Å². The summed E-state index contributed by atoms with van der Waals surface area (Å²) in [6.07, 6.45) is 33.4. The maximum absolute atomic E-state index is 12.2. The number of carbonyl (C=O) groups is 4. The van der Waals surface area contributed by atoms with E-state index in [1.54, 1.807) is 49.0 Å². The van der Waals surface area contributed by atoms with Crippen molar-refractivity contribution in [1.82, 2.24) is 0 Å². The van der Waals surface area contributed by atoms with Gasteiger partial charge in [-0.2, -0.15) is 0 Å².